The second kappa shape index (κ2) is 7.02. The third-order valence-electron chi connectivity index (χ3n) is 4.09. The van der Waals surface area contributed by atoms with Gasteiger partial charge in [0.1, 0.15) is 5.76 Å². The molecule has 112 valence electrons. The van der Waals surface area contributed by atoms with Crippen LogP contribution in [-0.4, -0.2) is 28.9 Å². The molecule has 1 aliphatic heterocycles. The molecule has 1 aliphatic carbocycles. The highest BCUT2D eigenvalue weighted by Gasteiger charge is 2.34. The predicted octanol–water partition coefficient (Wildman–Crippen LogP) is 2.68. The van der Waals surface area contributed by atoms with Gasteiger partial charge in [-0.1, -0.05) is 26.2 Å². The Labute approximate surface area is 120 Å². The van der Waals surface area contributed by atoms with Crippen molar-refractivity contribution in [3.05, 3.63) is 11.3 Å². The largest absolute Gasteiger partial charge is 0.486 e. The standard InChI is InChI=1S/C16H24O4/c1-2-3-4-5-6-13(18)15-8-7-12-14(19)9-11(17)10-16(12)20-15/h11,15,17H,2-10H2,1H3. The highest BCUT2D eigenvalue weighted by Crippen LogP contribution is 2.33. The molecular formula is C16H24O4. The zero-order chi connectivity index (χ0) is 14.5. The van der Waals surface area contributed by atoms with Crippen LogP contribution in [0.25, 0.3) is 0 Å². The van der Waals surface area contributed by atoms with E-state index in [1.165, 1.54) is 0 Å². The predicted molar refractivity (Wildman–Crippen MR) is 75.1 cm³/mol. The number of rotatable bonds is 6. The Kier molecular flexibility index (Phi) is 5.35. The Balaban J connectivity index is 1.88. The van der Waals surface area contributed by atoms with Crippen LogP contribution in [0.3, 0.4) is 0 Å². The van der Waals surface area contributed by atoms with Gasteiger partial charge in [-0.15, -0.1) is 0 Å². The average molecular weight is 280 g/mol. The van der Waals surface area contributed by atoms with Gasteiger partial charge in [-0.05, 0) is 19.3 Å². The monoisotopic (exact) mass is 280 g/mol. The van der Waals surface area contributed by atoms with E-state index in [1.807, 2.05) is 0 Å². The van der Waals surface area contributed by atoms with Crippen LogP contribution >= 0.6 is 0 Å². The Hall–Kier alpha value is -1.16. The summed E-state index contributed by atoms with van der Waals surface area (Å²) in [4.78, 5) is 23.9. The van der Waals surface area contributed by atoms with Crippen molar-refractivity contribution in [1.82, 2.24) is 0 Å². The summed E-state index contributed by atoms with van der Waals surface area (Å²) in [6.07, 6.45) is 5.61. The molecule has 0 saturated carbocycles. The lowest BCUT2D eigenvalue weighted by Gasteiger charge is -2.31. The number of carbonyl (C=O) groups excluding carboxylic acids is 2. The van der Waals surface area contributed by atoms with Gasteiger partial charge in [-0.3, -0.25) is 9.59 Å². The van der Waals surface area contributed by atoms with E-state index >= 15 is 0 Å². The van der Waals surface area contributed by atoms with Crippen molar-refractivity contribution in [2.45, 2.75) is 76.9 Å². The van der Waals surface area contributed by atoms with Crippen molar-refractivity contribution in [2.24, 2.45) is 0 Å². The number of hydrogen-bond donors (Lipinski definition) is 1. The lowest BCUT2D eigenvalue weighted by Crippen LogP contribution is -2.34. The number of Topliss-reactive ketones (excluding diaryl/α,β-unsaturated/α-hetero) is 2. The third-order valence-corrected chi connectivity index (χ3v) is 4.09. The molecule has 2 unspecified atom stereocenters. The number of aliphatic hydroxyl groups is 1. The van der Waals surface area contributed by atoms with Gasteiger partial charge in [0, 0.05) is 24.8 Å². The molecule has 0 aromatic heterocycles. The van der Waals surface area contributed by atoms with E-state index in [2.05, 4.69) is 6.92 Å². The lowest BCUT2D eigenvalue weighted by molar-refractivity contribution is -0.131. The van der Waals surface area contributed by atoms with Gasteiger partial charge in [-0.25, -0.2) is 0 Å². The molecule has 0 radical (unpaired) electrons. The summed E-state index contributed by atoms with van der Waals surface area (Å²) in [5.74, 6) is 0.680. The maximum Gasteiger partial charge on any atom is 0.173 e. The van der Waals surface area contributed by atoms with Crippen molar-refractivity contribution in [3.8, 4) is 0 Å². The van der Waals surface area contributed by atoms with E-state index < -0.39 is 12.2 Å². The normalized spacial score (nSPS) is 26.2. The first-order valence-corrected chi connectivity index (χ1v) is 7.74. The number of ether oxygens (including phenoxy) is 1. The molecule has 20 heavy (non-hydrogen) atoms. The van der Waals surface area contributed by atoms with Crippen LogP contribution in [0.15, 0.2) is 11.3 Å². The molecule has 2 rings (SSSR count). The summed E-state index contributed by atoms with van der Waals surface area (Å²) in [7, 11) is 0. The van der Waals surface area contributed by atoms with Crippen molar-refractivity contribution < 1.29 is 19.4 Å². The molecule has 0 fully saturated rings. The zero-order valence-electron chi connectivity index (χ0n) is 12.2. The molecule has 0 amide bonds. The van der Waals surface area contributed by atoms with Crippen LogP contribution in [-0.2, 0) is 14.3 Å². The number of ketones is 2. The van der Waals surface area contributed by atoms with Crippen LogP contribution in [0.4, 0.5) is 0 Å². The van der Waals surface area contributed by atoms with E-state index in [4.69, 9.17) is 4.74 Å². The molecule has 0 aromatic rings. The molecular weight excluding hydrogens is 256 g/mol. The Morgan fingerprint density at radius 1 is 1.30 bits per heavy atom. The van der Waals surface area contributed by atoms with Gasteiger partial charge in [-0.2, -0.15) is 0 Å². The number of carbonyl (C=O) groups is 2. The fraction of sp³-hybridized carbons (Fsp3) is 0.750. The molecule has 1 heterocycles. The molecule has 0 saturated heterocycles. The van der Waals surface area contributed by atoms with Crippen LogP contribution in [0.5, 0.6) is 0 Å². The molecule has 4 nitrogen and oxygen atoms in total. The summed E-state index contributed by atoms with van der Waals surface area (Å²) in [5.41, 5.74) is 0.699. The van der Waals surface area contributed by atoms with Crippen LogP contribution in [0.1, 0.15) is 64.7 Å². The molecule has 2 aliphatic rings. The maximum atomic E-state index is 12.1. The van der Waals surface area contributed by atoms with E-state index in [0.717, 1.165) is 25.7 Å². The minimum absolute atomic E-state index is 0.0207. The SMILES string of the molecule is CCCCCCC(=O)C1CCC2=C(CC(O)CC2=O)O1. The highest BCUT2D eigenvalue weighted by molar-refractivity contribution is 5.97. The third kappa shape index (κ3) is 3.69. The number of aliphatic hydroxyl groups excluding tert-OH is 1. The first-order valence-electron chi connectivity index (χ1n) is 7.74. The van der Waals surface area contributed by atoms with Gasteiger partial charge in [0.2, 0.25) is 0 Å². The van der Waals surface area contributed by atoms with Gasteiger partial charge >= 0.3 is 0 Å². The van der Waals surface area contributed by atoms with Gasteiger partial charge < -0.3 is 9.84 Å². The van der Waals surface area contributed by atoms with E-state index in [9.17, 15) is 14.7 Å². The summed E-state index contributed by atoms with van der Waals surface area (Å²) >= 11 is 0. The average Bonchev–Trinajstić information content (AvgIpc) is 2.42. The number of unbranched alkanes of at least 4 members (excludes halogenated alkanes) is 3. The lowest BCUT2D eigenvalue weighted by atomic mass is 9.87. The molecule has 0 bridgehead atoms. The summed E-state index contributed by atoms with van der Waals surface area (Å²) in [6.45, 7) is 2.14. The van der Waals surface area contributed by atoms with Crippen molar-refractivity contribution in [3.63, 3.8) is 0 Å². The first kappa shape index (κ1) is 15.2. The molecule has 2 atom stereocenters. The number of allylic oxidation sites excluding steroid dienone is 1. The fourth-order valence-corrected chi connectivity index (χ4v) is 2.92. The van der Waals surface area contributed by atoms with Crippen LogP contribution < -0.4 is 0 Å². The highest BCUT2D eigenvalue weighted by atomic mass is 16.5. The second-order valence-corrected chi connectivity index (χ2v) is 5.81. The van der Waals surface area contributed by atoms with Crippen LogP contribution in [0.2, 0.25) is 0 Å². The smallest absolute Gasteiger partial charge is 0.173 e. The molecule has 1 N–H and O–H groups in total. The molecule has 4 heteroatoms. The quantitative estimate of drug-likeness (QED) is 0.760. The van der Waals surface area contributed by atoms with Crippen LogP contribution in [0, 0.1) is 0 Å². The summed E-state index contributed by atoms with van der Waals surface area (Å²) in [6, 6.07) is 0. The van der Waals surface area contributed by atoms with Gasteiger partial charge in [0.15, 0.2) is 17.7 Å². The fourth-order valence-electron chi connectivity index (χ4n) is 2.92. The van der Waals surface area contributed by atoms with E-state index in [1.54, 1.807) is 0 Å². The minimum atomic E-state index is -0.653. The Morgan fingerprint density at radius 2 is 2.10 bits per heavy atom. The van der Waals surface area contributed by atoms with Gasteiger partial charge in [0.05, 0.1) is 6.10 Å². The summed E-state index contributed by atoms with van der Waals surface area (Å²) < 4.78 is 5.70. The van der Waals surface area contributed by atoms with Crippen molar-refractivity contribution in [1.29, 1.82) is 0 Å². The van der Waals surface area contributed by atoms with E-state index in [-0.39, 0.29) is 18.0 Å². The summed E-state index contributed by atoms with van der Waals surface area (Å²) in [5, 5.41) is 9.62. The van der Waals surface area contributed by atoms with Crippen molar-refractivity contribution in [2.75, 3.05) is 0 Å². The minimum Gasteiger partial charge on any atom is -0.486 e. The topological polar surface area (TPSA) is 63.6 Å². The van der Waals surface area contributed by atoms with E-state index in [0.29, 0.717) is 37.0 Å². The molecule has 0 aromatic carbocycles. The second-order valence-electron chi connectivity index (χ2n) is 5.81. The molecule has 0 spiro atoms. The first-order chi connectivity index (χ1) is 9.61. The Bertz CT molecular complexity index is 411. The zero-order valence-corrected chi connectivity index (χ0v) is 12.2. The number of hydrogen-bond acceptors (Lipinski definition) is 4. The Morgan fingerprint density at radius 3 is 2.85 bits per heavy atom. The van der Waals surface area contributed by atoms with Crippen molar-refractivity contribution >= 4 is 11.6 Å². The maximum absolute atomic E-state index is 12.1. The van der Waals surface area contributed by atoms with Gasteiger partial charge in [0.25, 0.3) is 0 Å².